The van der Waals surface area contributed by atoms with Crippen molar-refractivity contribution in [2.75, 3.05) is 6.54 Å². The van der Waals surface area contributed by atoms with Gasteiger partial charge in [0, 0.05) is 6.54 Å². The van der Waals surface area contributed by atoms with Gasteiger partial charge in [-0.1, -0.05) is 50.2 Å². The van der Waals surface area contributed by atoms with Crippen LogP contribution in [0.25, 0.3) is 0 Å². The Morgan fingerprint density at radius 3 is 2.36 bits per heavy atom. The molecule has 2 rings (SSSR count). The topological polar surface area (TPSA) is 38.3 Å². The first-order valence-electron chi connectivity index (χ1n) is 8.98. The third kappa shape index (κ3) is 5.35. The molecule has 0 saturated carbocycles. The molecule has 0 aliphatic heterocycles. The van der Waals surface area contributed by atoms with Crippen LogP contribution < -0.4 is 10.1 Å². The molecule has 0 heterocycles. The second-order valence-corrected chi connectivity index (χ2v) is 6.90. The molecule has 2 aromatic rings. The number of hydrogen-bond donors (Lipinski definition) is 1. The second kappa shape index (κ2) is 8.70. The average Bonchev–Trinajstić information content (AvgIpc) is 2.59. The maximum Gasteiger partial charge on any atom is 0.260 e. The van der Waals surface area contributed by atoms with Crippen molar-refractivity contribution < 1.29 is 9.53 Å². The standard InChI is InChI=1S/C22H29NO2/c1-15(2)20-11-9-19(10-12-20)13-14-23-22(24)18(5)25-21-8-6-7-16(3)17(21)4/h6-12,15,18H,13-14H2,1-5H3,(H,23,24)/t18-/m0/s1. The molecule has 0 unspecified atom stereocenters. The summed E-state index contributed by atoms with van der Waals surface area (Å²) in [6.45, 7) is 10.8. The number of carbonyl (C=O) groups excluding carboxylic acids is 1. The lowest BCUT2D eigenvalue weighted by Gasteiger charge is -2.17. The molecular formula is C22H29NO2. The number of aryl methyl sites for hydroxylation is 1. The summed E-state index contributed by atoms with van der Waals surface area (Å²) in [6.07, 6.45) is 0.309. The number of hydrogen-bond acceptors (Lipinski definition) is 2. The van der Waals surface area contributed by atoms with E-state index in [0.717, 1.165) is 23.3 Å². The summed E-state index contributed by atoms with van der Waals surface area (Å²) in [6, 6.07) is 14.5. The Balaban J connectivity index is 1.82. The molecule has 0 spiro atoms. The maximum atomic E-state index is 12.2. The number of benzene rings is 2. The quantitative estimate of drug-likeness (QED) is 0.803. The lowest BCUT2D eigenvalue weighted by Crippen LogP contribution is -2.37. The van der Waals surface area contributed by atoms with Gasteiger partial charge in [-0.25, -0.2) is 0 Å². The zero-order chi connectivity index (χ0) is 18.4. The van der Waals surface area contributed by atoms with Crippen LogP contribution in [0, 0.1) is 13.8 Å². The third-order valence-electron chi connectivity index (χ3n) is 4.59. The van der Waals surface area contributed by atoms with E-state index in [1.54, 1.807) is 6.92 Å². The summed E-state index contributed by atoms with van der Waals surface area (Å²) >= 11 is 0. The van der Waals surface area contributed by atoms with Gasteiger partial charge in [-0.15, -0.1) is 0 Å². The van der Waals surface area contributed by atoms with Crippen LogP contribution in [-0.4, -0.2) is 18.6 Å². The van der Waals surface area contributed by atoms with Gasteiger partial charge in [0.2, 0.25) is 0 Å². The molecule has 0 aromatic heterocycles. The van der Waals surface area contributed by atoms with E-state index in [1.807, 2.05) is 32.0 Å². The van der Waals surface area contributed by atoms with E-state index < -0.39 is 6.10 Å². The molecule has 0 bridgehead atoms. The molecule has 0 aliphatic carbocycles. The van der Waals surface area contributed by atoms with E-state index in [1.165, 1.54) is 11.1 Å². The fraction of sp³-hybridized carbons (Fsp3) is 0.409. The van der Waals surface area contributed by atoms with Crippen LogP contribution in [0.1, 0.15) is 48.9 Å². The highest BCUT2D eigenvalue weighted by atomic mass is 16.5. The molecule has 0 radical (unpaired) electrons. The fourth-order valence-corrected chi connectivity index (χ4v) is 2.64. The van der Waals surface area contributed by atoms with E-state index in [2.05, 4.69) is 43.4 Å². The number of nitrogens with one attached hydrogen (secondary N) is 1. The normalized spacial score (nSPS) is 12.1. The summed E-state index contributed by atoms with van der Waals surface area (Å²) in [5.41, 5.74) is 4.80. The van der Waals surface area contributed by atoms with Crippen LogP contribution in [0.3, 0.4) is 0 Å². The van der Waals surface area contributed by atoms with Crippen LogP contribution in [0.2, 0.25) is 0 Å². The first-order chi connectivity index (χ1) is 11.9. The molecule has 2 aromatic carbocycles. The van der Waals surface area contributed by atoms with Crippen LogP contribution in [0.15, 0.2) is 42.5 Å². The summed E-state index contributed by atoms with van der Waals surface area (Å²) in [5.74, 6) is 1.23. The SMILES string of the molecule is Cc1cccc(O[C@@H](C)C(=O)NCCc2ccc(C(C)C)cc2)c1C. The van der Waals surface area contributed by atoms with Gasteiger partial charge in [0.05, 0.1) is 0 Å². The van der Waals surface area contributed by atoms with Crippen LogP contribution in [0.5, 0.6) is 5.75 Å². The molecule has 1 atom stereocenters. The van der Waals surface area contributed by atoms with Crippen molar-refractivity contribution in [3.05, 3.63) is 64.7 Å². The van der Waals surface area contributed by atoms with Gasteiger partial charge in [0.15, 0.2) is 6.10 Å². The minimum Gasteiger partial charge on any atom is -0.481 e. The lowest BCUT2D eigenvalue weighted by atomic mass is 10.0. The molecule has 3 heteroatoms. The fourth-order valence-electron chi connectivity index (χ4n) is 2.64. The van der Waals surface area contributed by atoms with Crippen molar-refractivity contribution in [1.82, 2.24) is 5.32 Å². The lowest BCUT2D eigenvalue weighted by molar-refractivity contribution is -0.127. The number of rotatable bonds is 7. The Hall–Kier alpha value is -2.29. The summed E-state index contributed by atoms with van der Waals surface area (Å²) in [4.78, 5) is 12.2. The molecule has 0 fully saturated rings. The summed E-state index contributed by atoms with van der Waals surface area (Å²) in [5, 5.41) is 2.96. The highest BCUT2D eigenvalue weighted by molar-refractivity contribution is 5.80. The second-order valence-electron chi connectivity index (χ2n) is 6.90. The van der Waals surface area contributed by atoms with E-state index >= 15 is 0 Å². The molecule has 3 nitrogen and oxygen atoms in total. The van der Waals surface area contributed by atoms with Crippen LogP contribution in [0.4, 0.5) is 0 Å². The van der Waals surface area contributed by atoms with Crippen molar-refractivity contribution in [3.8, 4) is 5.75 Å². The van der Waals surface area contributed by atoms with Gasteiger partial charge < -0.3 is 10.1 Å². The Labute approximate surface area is 151 Å². The smallest absolute Gasteiger partial charge is 0.260 e. The molecule has 134 valence electrons. The van der Waals surface area contributed by atoms with Gasteiger partial charge in [0.25, 0.3) is 5.91 Å². The summed E-state index contributed by atoms with van der Waals surface area (Å²) < 4.78 is 5.82. The molecule has 0 aliphatic rings. The molecule has 1 N–H and O–H groups in total. The van der Waals surface area contributed by atoms with Gasteiger partial charge in [-0.2, -0.15) is 0 Å². The minimum absolute atomic E-state index is 0.0836. The number of amides is 1. The predicted octanol–water partition coefficient (Wildman–Crippen LogP) is 4.55. The molecule has 25 heavy (non-hydrogen) atoms. The first kappa shape index (κ1) is 19.0. The van der Waals surface area contributed by atoms with Gasteiger partial charge in [-0.05, 0) is 61.4 Å². The summed E-state index contributed by atoms with van der Waals surface area (Å²) in [7, 11) is 0. The van der Waals surface area contributed by atoms with E-state index in [9.17, 15) is 4.79 Å². The van der Waals surface area contributed by atoms with Crippen LogP contribution >= 0.6 is 0 Å². The predicted molar refractivity (Wildman–Crippen MR) is 103 cm³/mol. The Morgan fingerprint density at radius 2 is 1.72 bits per heavy atom. The zero-order valence-electron chi connectivity index (χ0n) is 15.9. The Bertz CT molecular complexity index is 704. The monoisotopic (exact) mass is 339 g/mol. The van der Waals surface area contributed by atoms with Crippen molar-refractivity contribution >= 4 is 5.91 Å². The average molecular weight is 339 g/mol. The van der Waals surface area contributed by atoms with Crippen molar-refractivity contribution in [2.24, 2.45) is 0 Å². The third-order valence-corrected chi connectivity index (χ3v) is 4.59. The van der Waals surface area contributed by atoms with Crippen molar-refractivity contribution in [1.29, 1.82) is 0 Å². The van der Waals surface area contributed by atoms with Crippen molar-refractivity contribution in [2.45, 2.75) is 53.1 Å². The van der Waals surface area contributed by atoms with E-state index in [-0.39, 0.29) is 5.91 Å². The van der Waals surface area contributed by atoms with Crippen LogP contribution in [-0.2, 0) is 11.2 Å². The van der Waals surface area contributed by atoms with E-state index in [0.29, 0.717) is 12.5 Å². The Kier molecular flexibility index (Phi) is 6.63. The highest BCUT2D eigenvalue weighted by Crippen LogP contribution is 2.21. The minimum atomic E-state index is -0.510. The highest BCUT2D eigenvalue weighted by Gasteiger charge is 2.15. The Morgan fingerprint density at radius 1 is 1.04 bits per heavy atom. The largest absolute Gasteiger partial charge is 0.481 e. The van der Waals surface area contributed by atoms with E-state index in [4.69, 9.17) is 4.74 Å². The molecule has 0 saturated heterocycles. The molecular weight excluding hydrogens is 310 g/mol. The zero-order valence-corrected chi connectivity index (χ0v) is 15.9. The maximum absolute atomic E-state index is 12.2. The number of carbonyl (C=O) groups is 1. The van der Waals surface area contributed by atoms with Gasteiger partial charge >= 0.3 is 0 Å². The number of ether oxygens (including phenoxy) is 1. The van der Waals surface area contributed by atoms with Gasteiger partial charge in [0.1, 0.15) is 5.75 Å². The van der Waals surface area contributed by atoms with Crippen molar-refractivity contribution in [3.63, 3.8) is 0 Å². The first-order valence-corrected chi connectivity index (χ1v) is 8.98. The van der Waals surface area contributed by atoms with Gasteiger partial charge in [-0.3, -0.25) is 4.79 Å². The molecule has 1 amide bonds.